The molecule has 0 bridgehead atoms. The molecule has 1 aromatic heterocycles. The van der Waals surface area contributed by atoms with E-state index in [1.807, 2.05) is 0 Å². The third kappa shape index (κ3) is 4.51. The molecule has 6 nitrogen and oxygen atoms in total. The molecule has 0 radical (unpaired) electrons. The van der Waals surface area contributed by atoms with Crippen molar-refractivity contribution in [1.29, 1.82) is 0 Å². The lowest BCUT2D eigenvalue weighted by Crippen LogP contribution is -2.41. The second-order valence-corrected chi connectivity index (χ2v) is 9.62. The Morgan fingerprint density at radius 1 is 1.26 bits per heavy atom. The van der Waals surface area contributed by atoms with E-state index in [0.29, 0.717) is 42.3 Å². The van der Waals surface area contributed by atoms with Gasteiger partial charge in [0, 0.05) is 34.7 Å². The first-order valence-electron chi connectivity index (χ1n) is 8.46. The second-order valence-electron chi connectivity index (χ2n) is 6.39. The van der Waals surface area contributed by atoms with E-state index in [4.69, 9.17) is 11.6 Å². The van der Waals surface area contributed by atoms with Crippen LogP contribution in [-0.4, -0.2) is 36.7 Å². The standard InChI is InChI=1S/C18H19BrClN3O3S/c1-12-15(20)3-2-4-16(12)27(25,26)23-9-7-13(8-10-23)18(24)22-17-6-5-14(19)11-21-17/h2-6,11,13H,7-10H2,1H3,(H,21,22,24). The summed E-state index contributed by atoms with van der Waals surface area (Å²) in [6, 6.07) is 8.37. The number of nitrogens with zero attached hydrogens (tertiary/aromatic N) is 2. The minimum atomic E-state index is -3.63. The number of amides is 1. The van der Waals surface area contributed by atoms with Gasteiger partial charge in [0.2, 0.25) is 15.9 Å². The quantitative estimate of drug-likeness (QED) is 0.733. The number of hydrogen-bond donors (Lipinski definition) is 1. The highest BCUT2D eigenvalue weighted by Crippen LogP contribution is 2.29. The smallest absolute Gasteiger partial charge is 0.243 e. The molecule has 2 aromatic rings. The number of piperidine rings is 1. The Hall–Kier alpha value is -1.48. The van der Waals surface area contributed by atoms with E-state index in [-0.39, 0.29) is 16.7 Å². The maximum Gasteiger partial charge on any atom is 0.243 e. The molecule has 1 amide bonds. The van der Waals surface area contributed by atoms with Gasteiger partial charge in [-0.2, -0.15) is 4.31 Å². The lowest BCUT2D eigenvalue weighted by molar-refractivity contribution is -0.120. The fourth-order valence-electron chi connectivity index (χ4n) is 3.04. The molecule has 1 saturated heterocycles. The first-order chi connectivity index (χ1) is 12.8. The van der Waals surface area contributed by atoms with E-state index in [0.717, 1.165) is 4.47 Å². The number of pyridine rings is 1. The van der Waals surface area contributed by atoms with Gasteiger partial charge in [-0.25, -0.2) is 13.4 Å². The number of benzene rings is 1. The Labute approximate surface area is 172 Å². The molecule has 1 N–H and O–H groups in total. The summed E-state index contributed by atoms with van der Waals surface area (Å²) in [7, 11) is -3.63. The molecule has 3 rings (SSSR count). The third-order valence-corrected chi connectivity index (χ3v) is 7.56. The number of anilines is 1. The van der Waals surface area contributed by atoms with Crippen molar-refractivity contribution in [2.24, 2.45) is 5.92 Å². The van der Waals surface area contributed by atoms with Crippen LogP contribution in [0.25, 0.3) is 0 Å². The lowest BCUT2D eigenvalue weighted by Gasteiger charge is -2.31. The number of carbonyl (C=O) groups excluding carboxylic acids is 1. The number of nitrogens with one attached hydrogen (secondary N) is 1. The monoisotopic (exact) mass is 471 g/mol. The predicted molar refractivity (Wildman–Crippen MR) is 108 cm³/mol. The zero-order valence-corrected chi connectivity index (χ0v) is 17.8. The van der Waals surface area contributed by atoms with Crippen molar-refractivity contribution >= 4 is 49.3 Å². The summed E-state index contributed by atoms with van der Waals surface area (Å²) in [4.78, 5) is 16.8. The molecule has 1 aliphatic rings. The minimum absolute atomic E-state index is 0.138. The minimum Gasteiger partial charge on any atom is -0.310 e. The highest BCUT2D eigenvalue weighted by Gasteiger charge is 2.33. The van der Waals surface area contributed by atoms with Crippen molar-refractivity contribution in [3.63, 3.8) is 0 Å². The van der Waals surface area contributed by atoms with Crippen LogP contribution < -0.4 is 5.32 Å². The molecule has 0 spiro atoms. The van der Waals surface area contributed by atoms with Gasteiger partial charge < -0.3 is 5.32 Å². The van der Waals surface area contributed by atoms with Gasteiger partial charge in [0.15, 0.2) is 0 Å². The maximum absolute atomic E-state index is 12.9. The molecular weight excluding hydrogens is 454 g/mol. The fraction of sp³-hybridized carbons (Fsp3) is 0.333. The Morgan fingerprint density at radius 2 is 1.96 bits per heavy atom. The summed E-state index contributed by atoms with van der Waals surface area (Å²) in [6.45, 7) is 2.28. The molecule has 2 heterocycles. The maximum atomic E-state index is 12.9. The SMILES string of the molecule is Cc1c(Cl)cccc1S(=O)(=O)N1CCC(C(=O)Nc2ccc(Br)cn2)CC1. The zero-order valence-electron chi connectivity index (χ0n) is 14.7. The van der Waals surface area contributed by atoms with Crippen LogP contribution in [-0.2, 0) is 14.8 Å². The van der Waals surface area contributed by atoms with Crippen molar-refractivity contribution in [2.75, 3.05) is 18.4 Å². The highest BCUT2D eigenvalue weighted by atomic mass is 79.9. The third-order valence-electron chi connectivity index (χ3n) is 4.64. The molecule has 1 fully saturated rings. The van der Waals surface area contributed by atoms with Gasteiger partial charge in [0.1, 0.15) is 5.82 Å². The topological polar surface area (TPSA) is 79.4 Å². The summed E-state index contributed by atoms with van der Waals surface area (Å²) in [5, 5.41) is 3.21. The normalized spacial score (nSPS) is 16.3. The zero-order chi connectivity index (χ0) is 19.6. The van der Waals surface area contributed by atoms with E-state index in [2.05, 4.69) is 26.2 Å². The van der Waals surface area contributed by atoms with Gasteiger partial charge in [-0.05, 0) is 65.5 Å². The average molecular weight is 473 g/mol. The van der Waals surface area contributed by atoms with E-state index < -0.39 is 10.0 Å². The molecule has 0 aliphatic carbocycles. The Kier molecular flexibility index (Phi) is 6.20. The summed E-state index contributed by atoms with van der Waals surface area (Å²) in [6.07, 6.45) is 2.53. The Bertz CT molecular complexity index is 943. The number of carbonyl (C=O) groups is 1. The first kappa shape index (κ1) is 20.3. The Balaban J connectivity index is 1.65. The summed E-state index contributed by atoms with van der Waals surface area (Å²) in [5.41, 5.74) is 0.542. The van der Waals surface area contributed by atoms with Crippen LogP contribution in [0.2, 0.25) is 5.02 Å². The molecule has 9 heteroatoms. The number of aromatic nitrogens is 1. The van der Waals surface area contributed by atoms with E-state index in [1.54, 1.807) is 43.5 Å². The van der Waals surface area contributed by atoms with Crippen molar-refractivity contribution in [3.05, 3.63) is 51.6 Å². The summed E-state index contributed by atoms with van der Waals surface area (Å²) < 4.78 is 28.1. The van der Waals surface area contributed by atoms with Crippen molar-refractivity contribution in [1.82, 2.24) is 9.29 Å². The molecule has 1 aliphatic heterocycles. The largest absolute Gasteiger partial charge is 0.310 e. The van der Waals surface area contributed by atoms with Gasteiger partial charge in [0.05, 0.1) is 4.90 Å². The van der Waals surface area contributed by atoms with Crippen LogP contribution in [0, 0.1) is 12.8 Å². The van der Waals surface area contributed by atoms with E-state index >= 15 is 0 Å². The van der Waals surface area contributed by atoms with Crippen LogP contribution in [0.3, 0.4) is 0 Å². The van der Waals surface area contributed by atoms with Gasteiger partial charge in [-0.1, -0.05) is 17.7 Å². The summed E-state index contributed by atoms with van der Waals surface area (Å²) in [5.74, 6) is 0.0935. The predicted octanol–water partition coefficient (Wildman–Crippen LogP) is 3.85. The van der Waals surface area contributed by atoms with Crippen molar-refractivity contribution in [2.45, 2.75) is 24.7 Å². The second kappa shape index (κ2) is 8.26. The number of hydrogen-bond acceptors (Lipinski definition) is 4. The molecular formula is C18H19BrClN3O3S. The van der Waals surface area contributed by atoms with Gasteiger partial charge >= 0.3 is 0 Å². The number of halogens is 2. The Morgan fingerprint density at radius 3 is 2.59 bits per heavy atom. The van der Waals surface area contributed by atoms with Gasteiger partial charge in [-0.3, -0.25) is 4.79 Å². The molecule has 144 valence electrons. The van der Waals surface area contributed by atoms with Crippen LogP contribution in [0.4, 0.5) is 5.82 Å². The summed E-state index contributed by atoms with van der Waals surface area (Å²) >= 11 is 9.36. The van der Waals surface area contributed by atoms with Gasteiger partial charge in [-0.15, -0.1) is 0 Å². The first-order valence-corrected chi connectivity index (χ1v) is 11.1. The van der Waals surface area contributed by atoms with Crippen molar-refractivity contribution < 1.29 is 13.2 Å². The molecule has 27 heavy (non-hydrogen) atoms. The average Bonchev–Trinajstić information content (AvgIpc) is 2.65. The van der Waals surface area contributed by atoms with Crippen LogP contribution in [0.15, 0.2) is 45.9 Å². The lowest BCUT2D eigenvalue weighted by atomic mass is 9.97. The molecule has 0 unspecified atom stereocenters. The number of sulfonamides is 1. The van der Waals surface area contributed by atoms with E-state index in [1.165, 1.54) is 4.31 Å². The highest BCUT2D eigenvalue weighted by molar-refractivity contribution is 9.10. The van der Waals surface area contributed by atoms with Crippen LogP contribution in [0.1, 0.15) is 18.4 Å². The molecule has 0 saturated carbocycles. The number of rotatable bonds is 4. The molecule has 0 atom stereocenters. The van der Waals surface area contributed by atoms with Crippen LogP contribution in [0.5, 0.6) is 0 Å². The van der Waals surface area contributed by atoms with Gasteiger partial charge in [0.25, 0.3) is 0 Å². The van der Waals surface area contributed by atoms with E-state index in [9.17, 15) is 13.2 Å². The fourth-order valence-corrected chi connectivity index (χ4v) is 5.22. The van der Waals surface area contributed by atoms with Crippen molar-refractivity contribution in [3.8, 4) is 0 Å². The molecule has 1 aromatic carbocycles. The van der Waals surface area contributed by atoms with Crippen LogP contribution >= 0.6 is 27.5 Å².